The first-order chi connectivity index (χ1) is 12.2. The van der Waals surface area contributed by atoms with Crippen LogP contribution in [-0.4, -0.2) is 71.7 Å². The van der Waals surface area contributed by atoms with Gasteiger partial charge in [-0.25, -0.2) is 0 Å². The zero-order chi connectivity index (χ0) is 17.1. The number of benzene rings is 1. The van der Waals surface area contributed by atoms with E-state index in [4.69, 9.17) is 4.74 Å². The molecule has 1 N–H and O–H groups in total. The van der Waals surface area contributed by atoms with Crippen LogP contribution in [0.3, 0.4) is 0 Å². The molecule has 0 bridgehead atoms. The summed E-state index contributed by atoms with van der Waals surface area (Å²) in [6.45, 7) is 5.04. The normalized spacial score (nSPS) is 25.2. The Morgan fingerprint density at radius 2 is 1.92 bits per heavy atom. The van der Waals surface area contributed by atoms with E-state index in [0.29, 0.717) is 26.3 Å². The van der Waals surface area contributed by atoms with Crippen LogP contribution in [0.1, 0.15) is 12.8 Å². The Labute approximate surface area is 152 Å². The van der Waals surface area contributed by atoms with Crippen molar-refractivity contribution in [3.05, 3.63) is 30.3 Å². The molecule has 1 aromatic carbocycles. The smallest absolute Gasteiger partial charge is 0.208 e. The summed E-state index contributed by atoms with van der Waals surface area (Å²) in [5.74, 6) is 0. The quantitative estimate of drug-likeness (QED) is 0.898. The fourth-order valence-corrected chi connectivity index (χ4v) is 4.45. The van der Waals surface area contributed by atoms with Crippen molar-refractivity contribution in [2.24, 2.45) is 0 Å². The Morgan fingerprint density at radius 3 is 2.72 bits per heavy atom. The molecular formula is C18H24N4O2S. The zero-order valence-electron chi connectivity index (χ0n) is 14.3. The van der Waals surface area contributed by atoms with Crippen LogP contribution in [0.5, 0.6) is 0 Å². The second-order valence-electron chi connectivity index (χ2n) is 6.94. The van der Waals surface area contributed by atoms with E-state index < -0.39 is 5.60 Å². The minimum atomic E-state index is -0.862. The molecule has 2 aliphatic heterocycles. The predicted octanol–water partition coefficient (Wildman–Crippen LogP) is 1.87. The Kier molecular flexibility index (Phi) is 4.98. The van der Waals surface area contributed by atoms with Crippen molar-refractivity contribution in [1.29, 1.82) is 0 Å². The number of β-amino-alcohol motifs (C(OH)–C–C–N with tert-alkyl or cyclic N) is 1. The first-order valence-corrected chi connectivity index (χ1v) is 9.70. The molecule has 2 saturated heterocycles. The van der Waals surface area contributed by atoms with E-state index in [1.165, 1.54) is 12.8 Å². The third kappa shape index (κ3) is 4.00. The monoisotopic (exact) mass is 360 g/mol. The molecular weight excluding hydrogens is 336 g/mol. The molecule has 0 aliphatic carbocycles. The Balaban J connectivity index is 1.50. The first-order valence-electron chi connectivity index (χ1n) is 8.88. The second-order valence-corrected chi connectivity index (χ2v) is 7.89. The summed E-state index contributed by atoms with van der Waals surface area (Å²) >= 11 is 1.57. The van der Waals surface area contributed by atoms with Gasteiger partial charge < -0.3 is 19.6 Å². The van der Waals surface area contributed by atoms with Crippen molar-refractivity contribution in [1.82, 2.24) is 15.1 Å². The van der Waals surface area contributed by atoms with Crippen molar-refractivity contribution in [2.75, 3.05) is 50.8 Å². The lowest BCUT2D eigenvalue weighted by Gasteiger charge is -2.33. The van der Waals surface area contributed by atoms with Crippen molar-refractivity contribution < 1.29 is 9.84 Å². The molecule has 0 radical (unpaired) electrons. The molecule has 2 aromatic rings. The highest BCUT2D eigenvalue weighted by Gasteiger charge is 2.36. The maximum absolute atomic E-state index is 11.1. The number of aliphatic hydroxyl groups is 1. The van der Waals surface area contributed by atoms with Crippen LogP contribution < -0.4 is 4.90 Å². The molecule has 2 aliphatic rings. The minimum Gasteiger partial charge on any atom is -0.384 e. The molecule has 134 valence electrons. The van der Waals surface area contributed by atoms with E-state index in [0.717, 1.165) is 35.3 Å². The maximum atomic E-state index is 11.1. The summed E-state index contributed by atoms with van der Waals surface area (Å²) < 4.78 is 5.70. The highest BCUT2D eigenvalue weighted by atomic mass is 32.1. The lowest BCUT2D eigenvalue weighted by molar-refractivity contribution is -0.0439. The van der Waals surface area contributed by atoms with Gasteiger partial charge in [0.05, 0.1) is 19.8 Å². The van der Waals surface area contributed by atoms with Crippen LogP contribution in [-0.2, 0) is 4.74 Å². The van der Waals surface area contributed by atoms with Crippen LogP contribution in [0.2, 0.25) is 0 Å². The van der Waals surface area contributed by atoms with Gasteiger partial charge in [-0.15, -0.1) is 10.2 Å². The molecule has 1 aromatic heterocycles. The van der Waals surface area contributed by atoms with Crippen LogP contribution in [0.4, 0.5) is 5.13 Å². The Morgan fingerprint density at radius 1 is 1.12 bits per heavy atom. The fourth-order valence-electron chi connectivity index (χ4n) is 3.57. The molecule has 4 rings (SSSR count). The number of hydrogen-bond acceptors (Lipinski definition) is 7. The van der Waals surface area contributed by atoms with Crippen molar-refractivity contribution in [3.63, 3.8) is 0 Å². The van der Waals surface area contributed by atoms with E-state index in [9.17, 15) is 5.11 Å². The molecule has 7 heteroatoms. The molecule has 25 heavy (non-hydrogen) atoms. The second kappa shape index (κ2) is 7.37. The third-order valence-electron chi connectivity index (χ3n) is 4.78. The number of aromatic nitrogens is 2. The number of hydrogen-bond donors (Lipinski definition) is 1. The highest BCUT2D eigenvalue weighted by molar-refractivity contribution is 7.18. The van der Waals surface area contributed by atoms with Gasteiger partial charge in [-0.1, -0.05) is 41.7 Å². The van der Waals surface area contributed by atoms with E-state index in [1.807, 2.05) is 30.3 Å². The van der Waals surface area contributed by atoms with Gasteiger partial charge in [-0.2, -0.15) is 0 Å². The van der Waals surface area contributed by atoms with Gasteiger partial charge >= 0.3 is 0 Å². The molecule has 3 heterocycles. The SMILES string of the molecule is O[C@@]1(CN2CCCC2)COCCN(c2nnc(-c3ccccc3)s2)C1. The average molecular weight is 360 g/mol. The van der Waals surface area contributed by atoms with Gasteiger partial charge in [0.25, 0.3) is 0 Å². The molecule has 0 unspecified atom stereocenters. The number of rotatable bonds is 4. The highest BCUT2D eigenvalue weighted by Crippen LogP contribution is 2.30. The first kappa shape index (κ1) is 16.9. The summed E-state index contributed by atoms with van der Waals surface area (Å²) in [5.41, 5.74) is 0.212. The minimum absolute atomic E-state index is 0.379. The summed E-state index contributed by atoms with van der Waals surface area (Å²) in [6.07, 6.45) is 2.44. The number of nitrogens with zero attached hydrogens (tertiary/aromatic N) is 4. The lowest BCUT2D eigenvalue weighted by atomic mass is 10.0. The van der Waals surface area contributed by atoms with Crippen LogP contribution in [0.15, 0.2) is 30.3 Å². The van der Waals surface area contributed by atoms with Gasteiger partial charge in [-0.05, 0) is 25.9 Å². The van der Waals surface area contributed by atoms with Gasteiger partial charge in [0.2, 0.25) is 5.13 Å². The Hall–Kier alpha value is -1.54. The molecule has 2 fully saturated rings. The summed E-state index contributed by atoms with van der Waals surface area (Å²) in [7, 11) is 0. The standard InChI is InChI=1S/C18H24N4O2S/c23-18(12-21-8-4-5-9-21)13-22(10-11-24-14-18)17-20-19-16(25-17)15-6-2-1-3-7-15/h1-3,6-7,23H,4-5,8-14H2/t18-/m1/s1. The predicted molar refractivity (Wildman–Crippen MR) is 99.0 cm³/mol. The average Bonchev–Trinajstić information content (AvgIpc) is 3.27. The van der Waals surface area contributed by atoms with Crippen LogP contribution in [0.25, 0.3) is 10.6 Å². The van der Waals surface area contributed by atoms with Crippen LogP contribution in [0, 0.1) is 0 Å². The van der Waals surface area contributed by atoms with Gasteiger partial charge in [0, 0.05) is 18.7 Å². The number of anilines is 1. The van der Waals surface area contributed by atoms with Crippen molar-refractivity contribution >= 4 is 16.5 Å². The molecule has 1 atom stereocenters. The molecule has 6 nitrogen and oxygen atoms in total. The fraction of sp³-hybridized carbons (Fsp3) is 0.556. The van der Waals surface area contributed by atoms with E-state index in [1.54, 1.807) is 11.3 Å². The van der Waals surface area contributed by atoms with Gasteiger partial charge in [0.1, 0.15) is 10.6 Å². The summed E-state index contributed by atoms with van der Waals surface area (Å²) in [6, 6.07) is 10.1. The van der Waals surface area contributed by atoms with Gasteiger partial charge in [0.15, 0.2) is 0 Å². The van der Waals surface area contributed by atoms with E-state index >= 15 is 0 Å². The third-order valence-corrected chi connectivity index (χ3v) is 5.82. The number of likely N-dealkylation sites (tertiary alicyclic amines) is 1. The zero-order valence-corrected chi connectivity index (χ0v) is 15.1. The van der Waals surface area contributed by atoms with Crippen molar-refractivity contribution in [2.45, 2.75) is 18.4 Å². The lowest BCUT2D eigenvalue weighted by Crippen LogP contribution is -2.52. The molecule has 0 amide bonds. The maximum Gasteiger partial charge on any atom is 0.208 e. The van der Waals surface area contributed by atoms with E-state index in [-0.39, 0.29) is 0 Å². The molecule has 0 saturated carbocycles. The summed E-state index contributed by atoms with van der Waals surface area (Å²) in [4.78, 5) is 4.45. The van der Waals surface area contributed by atoms with E-state index in [2.05, 4.69) is 20.0 Å². The van der Waals surface area contributed by atoms with Crippen molar-refractivity contribution in [3.8, 4) is 10.6 Å². The summed E-state index contributed by atoms with van der Waals surface area (Å²) in [5, 5.41) is 21.6. The Bertz CT molecular complexity index is 689. The largest absolute Gasteiger partial charge is 0.384 e. The van der Waals surface area contributed by atoms with Gasteiger partial charge in [-0.3, -0.25) is 0 Å². The molecule has 0 spiro atoms. The number of ether oxygens (including phenoxy) is 1. The van der Waals surface area contributed by atoms with Crippen LogP contribution >= 0.6 is 11.3 Å². The topological polar surface area (TPSA) is 61.7 Å².